The molecule has 2 unspecified atom stereocenters. The normalized spacial score (nSPS) is 19.4. The second-order valence-corrected chi connectivity index (χ2v) is 9.70. The highest BCUT2D eigenvalue weighted by Crippen LogP contribution is 2.28. The topological polar surface area (TPSA) is 91.4 Å². The summed E-state index contributed by atoms with van der Waals surface area (Å²) in [6.45, 7) is 4.17. The lowest BCUT2D eigenvalue weighted by atomic mass is 10.2. The number of carbonyl (C=O) groups excluding carboxylic acids is 1. The van der Waals surface area contributed by atoms with Crippen LogP contribution in [0.15, 0.2) is 47.4 Å². The molecular weight excluding hydrogens is 458 g/mol. The molecule has 3 rings (SSSR count). The highest BCUT2D eigenvalue weighted by Gasteiger charge is 2.34. The van der Waals surface area contributed by atoms with Gasteiger partial charge in [-0.15, -0.1) is 0 Å². The molecule has 1 heterocycles. The lowest BCUT2D eigenvalue weighted by Gasteiger charge is -2.34. The van der Waals surface area contributed by atoms with Crippen molar-refractivity contribution in [3.8, 4) is 11.5 Å². The van der Waals surface area contributed by atoms with E-state index in [0.29, 0.717) is 11.5 Å². The first-order valence-electron chi connectivity index (χ1n) is 10.1. The minimum absolute atomic E-state index is 0.00589. The van der Waals surface area contributed by atoms with Crippen LogP contribution in [0.5, 0.6) is 11.5 Å². The average Bonchev–Trinajstić information content (AvgIpc) is 2.76. The molecule has 0 amide bonds. The van der Waals surface area contributed by atoms with E-state index >= 15 is 0 Å². The highest BCUT2D eigenvalue weighted by atomic mass is 35.5. The molecule has 0 spiro atoms. The SMILES string of the molecule is COc1ccc(OCCOC(=O)c2ccc(Cl)c(S(=O)(=O)N3CC(C)OC(C)C3)c2)cc1. The van der Waals surface area contributed by atoms with E-state index in [4.69, 9.17) is 30.5 Å². The molecule has 2 aromatic rings. The van der Waals surface area contributed by atoms with E-state index in [2.05, 4.69) is 0 Å². The Morgan fingerprint density at radius 2 is 1.69 bits per heavy atom. The quantitative estimate of drug-likeness (QED) is 0.420. The number of halogens is 1. The van der Waals surface area contributed by atoms with Gasteiger partial charge in [0.05, 0.1) is 29.9 Å². The van der Waals surface area contributed by atoms with Crippen LogP contribution in [0.4, 0.5) is 0 Å². The van der Waals surface area contributed by atoms with Crippen molar-refractivity contribution in [1.29, 1.82) is 0 Å². The summed E-state index contributed by atoms with van der Waals surface area (Å²) in [4.78, 5) is 12.3. The van der Waals surface area contributed by atoms with Crippen molar-refractivity contribution in [2.45, 2.75) is 31.0 Å². The molecule has 2 atom stereocenters. The first-order chi connectivity index (χ1) is 15.2. The minimum Gasteiger partial charge on any atom is -0.497 e. The molecule has 1 aliphatic heterocycles. The Balaban J connectivity index is 1.63. The van der Waals surface area contributed by atoms with Crippen molar-refractivity contribution in [2.75, 3.05) is 33.4 Å². The van der Waals surface area contributed by atoms with Gasteiger partial charge in [-0.3, -0.25) is 0 Å². The molecule has 1 fully saturated rings. The van der Waals surface area contributed by atoms with E-state index in [1.165, 1.54) is 22.5 Å². The molecule has 1 aliphatic rings. The summed E-state index contributed by atoms with van der Waals surface area (Å²) in [6.07, 6.45) is -0.489. The Bertz CT molecular complexity index is 1030. The molecule has 10 heteroatoms. The number of morpholine rings is 1. The first kappa shape index (κ1) is 24.3. The van der Waals surface area contributed by atoms with E-state index in [-0.39, 0.29) is 54.0 Å². The van der Waals surface area contributed by atoms with Crippen LogP contribution < -0.4 is 9.47 Å². The predicted octanol–water partition coefficient (Wildman–Crippen LogP) is 3.38. The number of sulfonamides is 1. The fourth-order valence-electron chi connectivity index (χ4n) is 3.34. The van der Waals surface area contributed by atoms with Gasteiger partial charge >= 0.3 is 5.97 Å². The van der Waals surface area contributed by atoms with Crippen LogP contribution in [0, 0.1) is 0 Å². The molecule has 2 aromatic carbocycles. The second-order valence-electron chi connectivity index (χ2n) is 7.38. The Labute approximate surface area is 193 Å². The Kier molecular flexibility index (Phi) is 8.00. The summed E-state index contributed by atoms with van der Waals surface area (Å²) in [5, 5.41) is 0.0381. The van der Waals surface area contributed by atoms with Crippen molar-refractivity contribution in [2.24, 2.45) is 0 Å². The molecule has 0 radical (unpaired) electrons. The summed E-state index contributed by atoms with van der Waals surface area (Å²) in [5.74, 6) is 0.647. The Morgan fingerprint density at radius 3 is 2.31 bits per heavy atom. The number of hydrogen-bond acceptors (Lipinski definition) is 7. The van der Waals surface area contributed by atoms with Gasteiger partial charge in [0.2, 0.25) is 10.0 Å². The van der Waals surface area contributed by atoms with Gasteiger partial charge < -0.3 is 18.9 Å². The molecule has 32 heavy (non-hydrogen) atoms. The van der Waals surface area contributed by atoms with Crippen LogP contribution in [-0.2, 0) is 19.5 Å². The third-order valence-corrected chi connectivity index (χ3v) is 7.13. The van der Waals surface area contributed by atoms with Crippen LogP contribution >= 0.6 is 11.6 Å². The standard InChI is InChI=1S/C22H26ClNO7S/c1-15-13-24(14-16(2)31-15)32(26,27)21-12-17(4-9-20(21)23)22(25)30-11-10-29-19-7-5-18(28-3)6-8-19/h4-9,12,15-16H,10-11,13-14H2,1-3H3. The molecule has 0 bridgehead atoms. The van der Waals surface area contributed by atoms with E-state index in [9.17, 15) is 13.2 Å². The molecular formula is C22H26ClNO7S. The van der Waals surface area contributed by atoms with Crippen molar-refractivity contribution in [3.05, 3.63) is 53.1 Å². The average molecular weight is 484 g/mol. The Morgan fingerprint density at radius 1 is 1.06 bits per heavy atom. The van der Waals surface area contributed by atoms with Gasteiger partial charge in [0.25, 0.3) is 0 Å². The second kappa shape index (κ2) is 10.5. The summed E-state index contributed by atoms with van der Waals surface area (Å²) >= 11 is 6.18. The molecule has 174 valence electrons. The van der Waals surface area contributed by atoms with E-state index in [0.717, 1.165) is 0 Å². The van der Waals surface area contributed by atoms with Crippen molar-refractivity contribution < 1.29 is 32.2 Å². The van der Waals surface area contributed by atoms with Gasteiger partial charge in [0, 0.05) is 13.1 Å². The van der Waals surface area contributed by atoms with Gasteiger partial charge in [0.15, 0.2) is 0 Å². The number of ether oxygens (including phenoxy) is 4. The maximum absolute atomic E-state index is 13.1. The fraction of sp³-hybridized carbons (Fsp3) is 0.409. The Hall–Kier alpha value is -2.33. The van der Waals surface area contributed by atoms with Gasteiger partial charge in [-0.25, -0.2) is 13.2 Å². The third kappa shape index (κ3) is 5.92. The van der Waals surface area contributed by atoms with Gasteiger partial charge in [-0.2, -0.15) is 4.31 Å². The zero-order valence-corrected chi connectivity index (χ0v) is 19.7. The maximum atomic E-state index is 13.1. The smallest absolute Gasteiger partial charge is 0.338 e. The maximum Gasteiger partial charge on any atom is 0.338 e. The number of nitrogens with zero attached hydrogens (tertiary/aromatic N) is 1. The fourth-order valence-corrected chi connectivity index (χ4v) is 5.43. The molecule has 1 saturated heterocycles. The van der Waals surface area contributed by atoms with Crippen molar-refractivity contribution >= 4 is 27.6 Å². The van der Waals surface area contributed by atoms with Crippen LogP contribution in [0.3, 0.4) is 0 Å². The summed E-state index contributed by atoms with van der Waals surface area (Å²) < 4.78 is 49.0. The van der Waals surface area contributed by atoms with Crippen LogP contribution in [0.2, 0.25) is 5.02 Å². The zero-order valence-electron chi connectivity index (χ0n) is 18.1. The van der Waals surface area contributed by atoms with Gasteiger partial charge in [-0.1, -0.05) is 11.6 Å². The van der Waals surface area contributed by atoms with E-state index in [1.807, 2.05) is 13.8 Å². The molecule has 0 N–H and O–H groups in total. The number of benzene rings is 2. The van der Waals surface area contributed by atoms with Gasteiger partial charge in [0.1, 0.15) is 29.6 Å². The molecule has 0 aromatic heterocycles. The van der Waals surface area contributed by atoms with Crippen LogP contribution in [-0.4, -0.2) is 64.3 Å². The predicted molar refractivity (Wildman–Crippen MR) is 119 cm³/mol. The summed E-state index contributed by atoms with van der Waals surface area (Å²) in [5.41, 5.74) is 0.0896. The van der Waals surface area contributed by atoms with Gasteiger partial charge in [-0.05, 0) is 56.3 Å². The monoisotopic (exact) mass is 483 g/mol. The zero-order chi connectivity index (χ0) is 23.3. The highest BCUT2D eigenvalue weighted by molar-refractivity contribution is 7.89. The van der Waals surface area contributed by atoms with Crippen LogP contribution in [0.25, 0.3) is 0 Å². The number of carbonyl (C=O) groups is 1. The largest absolute Gasteiger partial charge is 0.497 e. The summed E-state index contributed by atoms with van der Waals surface area (Å²) in [6, 6.07) is 11.1. The minimum atomic E-state index is -3.90. The lowest BCUT2D eigenvalue weighted by Crippen LogP contribution is -2.48. The van der Waals surface area contributed by atoms with E-state index in [1.54, 1.807) is 31.4 Å². The van der Waals surface area contributed by atoms with Crippen molar-refractivity contribution in [1.82, 2.24) is 4.31 Å². The summed E-state index contributed by atoms with van der Waals surface area (Å²) in [7, 11) is -2.33. The van der Waals surface area contributed by atoms with E-state index < -0.39 is 16.0 Å². The molecule has 0 saturated carbocycles. The van der Waals surface area contributed by atoms with Crippen LogP contribution in [0.1, 0.15) is 24.2 Å². The molecule has 8 nitrogen and oxygen atoms in total. The number of hydrogen-bond donors (Lipinski definition) is 0. The van der Waals surface area contributed by atoms with Crippen molar-refractivity contribution in [3.63, 3.8) is 0 Å². The number of esters is 1. The molecule has 0 aliphatic carbocycles. The number of methoxy groups -OCH3 is 1. The number of rotatable bonds is 8. The lowest BCUT2D eigenvalue weighted by molar-refractivity contribution is -0.0440. The third-order valence-electron chi connectivity index (χ3n) is 4.82. The first-order valence-corrected chi connectivity index (χ1v) is 11.9.